The van der Waals surface area contributed by atoms with Gasteiger partial charge in [-0.15, -0.1) is 0 Å². The molecule has 3 aromatic rings. The fraction of sp³-hybridized carbons (Fsp3) is 0.0556. The average Bonchev–Trinajstić information content (AvgIpc) is 2.64. The van der Waals surface area contributed by atoms with Crippen LogP contribution in [0.1, 0.15) is 10.4 Å². The molecule has 2 N–H and O–H groups in total. The first-order chi connectivity index (χ1) is 12.5. The van der Waals surface area contributed by atoms with Crippen molar-refractivity contribution in [3.05, 3.63) is 71.3 Å². The van der Waals surface area contributed by atoms with E-state index < -0.39 is 5.91 Å². The molecule has 0 unspecified atom stereocenters. The maximum Gasteiger partial charge on any atom is 0.258 e. The average molecular weight is 373 g/mol. The number of nitrogens with zero attached hydrogens (tertiary/aromatic N) is 2. The molecule has 26 heavy (non-hydrogen) atoms. The second-order valence-corrected chi connectivity index (χ2v) is 5.64. The van der Waals surface area contributed by atoms with Crippen LogP contribution in [-0.4, -0.2) is 23.0 Å². The summed E-state index contributed by atoms with van der Waals surface area (Å²) in [6.07, 6.45) is 2.78. The van der Waals surface area contributed by atoms with Crippen LogP contribution in [0.2, 0.25) is 5.02 Å². The van der Waals surface area contributed by atoms with Gasteiger partial charge in [-0.05, 0) is 42.5 Å². The summed E-state index contributed by atoms with van der Waals surface area (Å²) >= 11 is 6.07. The fourth-order valence-electron chi connectivity index (χ4n) is 2.12. The first-order valence-electron chi connectivity index (χ1n) is 7.54. The van der Waals surface area contributed by atoms with E-state index in [0.29, 0.717) is 28.1 Å². The van der Waals surface area contributed by atoms with Crippen molar-refractivity contribution < 1.29 is 13.9 Å². The van der Waals surface area contributed by atoms with E-state index in [0.717, 1.165) is 0 Å². The summed E-state index contributed by atoms with van der Waals surface area (Å²) < 4.78 is 18.0. The Hall–Kier alpha value is -3.19. The first-order valence-corrected chi connectivity index (χ1v) is 7.92. The molecule has 0 aliphatic rings. The predicted octanol–water partition coefficient (Wildman–Crippen LogP) is 4.27. The number of nitrogens with one attached hydrogen (secondary N) is 2. The van der Waals surface area contributed by atoms with Crippen molar-refractivity contribution in [3.8, 4) is 5.75 Å². The van der Waals surface area contributed by atoms with Crippen molar-refractivity contribution >= 4 is 34.8 Å². The summed E-state index contributed by atoms with van der Waals surface area (Å²) in [6.45, 7) is 0. The zero-order valence-corrected chi connectivity index (χ0v) is 14.4. The predicted molar refractivity (Wildman–Crippen MR) is 97.7 cm³/mol. The van der Waals surface area contributed by atoms with Gasteiger partial charge in [-0.2, -0.15) is 0 Å². The van der Waals surface area contributed by atoms with Crippen LogP contribution in [0.3, 0.4) is 0 Å². The zero-order valence-electron chi connectivity index (χ0n) is 13.7. The molecule has 0 saturated heterocycles. The molecule has 0 radical (unpaired) electrons. The second-order valence-electron chi connectivity index (χ2n) is 5.23. The number of rotatable bonds is 5. The second kappa shape index (κ2) is 7.79. The molecule has 0 atom stereocenters. The number of methoxy groups -OCH3 is 1. The first kappa shape index (κ1) is 17.6. The van der Waals surface area contributed by atoms with E-state index in [-0.39, 0.29) is 11.4 Å². The lowest BCUT2D eigenvalue weighted by atomic mass is 10.2. The molecule has 6 nitrogen and oxygen atoms in total. The lowest BCUT2D eigenvalue weighted by Crippen LogP contribution is -2.13. The SMILES string of the molecule is COc1ccc(Nc2ncc(C(=O)Nc3ccc(F)cc3)cn2)cc1Cl. The maximum atomic E-state index is 12.9. The quantitative estimate of drug-likeness (QED) is 0.699. The van der Waals surface area contributed by atoms with Gasteiger partial charge in [0.25, 0.3) is 5.91 Å². The van der Waals surface area contributed by atoms with E-state index in [4.69, 9.17) is 16.3 Å². The van der Waals surface area contributed by atoms with E-state index in [1.807, 2.05) is 0 Å². The number of carbonyl (C=O) groups excluding carboxylic acids is 1. The Kier molecular flexibility index (Phi) is 5.28. The number of halogens is 2. The van der Waals surface area contributed by atoms with Crippen molar-refractivity contribution in [2.45, 2.75) is 0 Å². The van der Waals surface area contributed by atoms with Gasteiger partial charge in [0.2, 0.25) is 5.95 Å². The molecule has 0 bridgehead atoms. The van der Waals surface area contributed by atoms with Gasteiger partial charge in [0.05, 0.1) is 17.7 Å². The van der Waals surface area contributed by atoms with Crippen molar-refractivity contribution in [3.63, 3.8) is 0 Å². The van der Waals surface area contributed by atoms with E-state index in [2.05, 4.69) is 20.6 Å². The number of benzene rings is 2. The molecule has 2 aromatic carbocycles. The third kappa shape index (κ3) is 4.25. The van der Waals surface area contributed by atoms with Crippen molar-refractivity contribution in [1.82, 2.24) is 9.97 Å². The molecule has 132 valence electrons. The number of amides is 1. The summed E-state index contributed by atoms with van der Waals surface area (Å²) in [5.74, 6) is 0.103. The minimum Gasteiger partial charge on any atom is -0.495 e. The van der Waals surface area contributed by atoms with Crippen LogP contribution in [0.15, 0.2) is 54.9 Å². The molecule has 3 rings (SSSR count). The molecule has 0 aliphatic heterocycles. The lowest BCUT2D eigenvalue weighted by Gasteiger charge is -2.08. The van der Waals surface area contributed by atoms with Gasteiger partial charge in [0.1, 0.15) is 11.6 Å². The molecule has 0 aliphatic carbocycles. The van der Waals surface area contributed by atoms with Gasteiger partial charge in [0.15, 0.2) is 0 Å². The Morgan fingerprint density at radius 1 is 1.08 bits per heavy atom. The number of aromatic nitrogens is 2. The summed E-state index contributed by atoms with van der Waals surface area (Å²) in [5, 5.41) is 6.07. The van der Waals surface area contributed by atoms with Gasteiger partial charge < -0.3 is 15.4 Å². The number of ether oxygens (including phenoxy) is 1. The fourth-order valence-corrected chi connectivity index (χ4v) is 2.38. The highest BCUT2D eigenvalue weighted by molar-refractivity contribution is 6.32. The molecule has 0 spiro atoms. The Bertz CT molecular complexity index is 917. The standard InChI is InChI=1S/C18H14ClFN4O2/c1-26-16-7-6-14(8-15(16)19)24-18-21-9-11(10-22-18)17(25)23-13-4-2-12(20)3-5-13/h2-10H,1H3,(H,23,25)(H,21,22,24). The number of hydrogen-bond acceptors (Lipinski definition) is 5. The van der Waals surface area contributed by atoms with Crippen LogP contribution in [-0.2, 0) is 0 Å². The van der Waals surface area contributed by atoms with Crippen molar-refractivity contribution in [2.75, 3.05) is 17.7 Å². The summed E-state index contributed by atoms with van der Waals surface area (Å²) in [4.78, 5) is 20.4. The Morgan fingerprint density at radius 2 is 1.73 bits per heavy atom. The van der Waals surface area contributed by atoms with Gasteiger partial charge in [0, 0.05) is 23.8 Å². The number of anilines is 3. The van der Waals surface area contributed by atoms with Crippen LogP contribution in [0, 0.1) is 5.82 Å². The highest BCUT2D eigenvalue weighted by Gasteiger charge is 2.09. The highest BCUT2D eigenvalue weighted by Crippen LogP contribution is 2.28. The van der Waals surface area contributed by atoms with Gasteiger partial charge >= 0.3 is 0 Å². The van der Waals surface area contributed by atoms with Crippen LogP contribution >= 0.6 is 11.6 Å². The molecule has 0 saturated carbocycles. The molecule has 1 aromatic heterocycles. The largest absolute Gasteiger partial charge is 0.495 e. The normalized spacial score (nSPS) is 10.3. The zero-order chi connectivity index (χ0) is 18.5. The van der Waals surface area contributed by atoms with E-state index in [1.54, 1.807) is 18.2 Å². The third-order valence-electron chi connectivity index (χ3n) is 3.42. The van der Waals surface area contributed by atoms with Crippen LogP contribution in [0.4, 0.5) is 21.7 Å². The monoisotopic (exact) mass is 372 g/mol. The third-order valence-corrected chi connectivity index (χ3v) is 3.72. The van der Waals surface area contributed by atoms with Crippen molar-refractivity contribution in [2.24, 2.45) is 0 Å². The molecular formula is C18H14ClFN4O2. The Morgan fingerprint density at radius 3 is 2.35 bits per heavy atom. The number of hydrogen-bond donors (Lipinski definition) is 2. The van der Waals surface area contributed by atoms with Gasteiger partial charge in [-0.25, -0.2) is 14.4 Å². The van der Waals surface area contributed by atoms with Crippen molar-refractivity contribution in [1.29, 1.82) is 0 Å². The number of carbonyl (C=O) groups is 1. The van der Waals surface area contributed by atoms with Gasteiger partial charge in [-0.3, -0.25) is 4.79 Å². The highest BCUT2D eigenvalue weighted by atomic mass is 35.5. The Balaban J connectivity index is 1.67. The van der Waals surface area contributed by atoms with Gasteiger partial charge in [-0.1, -0.05) is 11.6 Å². The topological polar surface area (TPSA) is 76.1 Å². The molecular weight excluding hydrogens is 359 g/mol. The Labute approximate surface area is 154 Å². The summed E-state index contributed by atoms with van der Waals surface area (Å²) in [5.41, 5.74) is 1.43. The van der Waals surface area contributed by atoms with Crippen LogP contribution < -0.4 is 15.4 Å². The molecule has 0 fully saturated rings. The summed E-state index contributed by atoms with van der Waals surface area (Å²) in [6, 6.07) is 10.6. The lowest BCUT2D eigenvalue weighted by molar-refractivity contribution is 0.102. The smallest absolute Gasteiger partial charge is 0.258 e. The van der Waals surface area contributed by atoms with Crippen LogP contribution in [0.25, 0.3) is 0 Å². The minimum atomic E-state index is -0.393. The molecule has 8 heteroatoms. The summed E-state index contributed by atoms with van der Waals surface area (Å²) in [7, 11) is 1.53. The van der Waals surface area contributed by atoms with E-state index in [9.17, 15) is 9.18 Å². The minimum absolute atomic E-state index is 0.271. The molecule has 1 heterocycles. The molecule has 1 amide bonds. The maximum absolute atomic E-state index is 12.9. The van der Waals surface area contributed by atoms with E-state index in [1.165, 1.54) is 43.8 Å². The van der Waals surface area contributed by atoms with Crippen LogP contribution in [0.5, 0.6) is 5.75 Å². The van der Waals surface area contributed by atoms with E-state index >= 15 is 0 Å².